The smallest absolute Gasteiger partial charge is 0.201 e. The molecule has 2 N–H and O–H groups in total. The highest BCUT2D eigenvalue weighted by Crippen LogP contribution is 2.37. The van der Waals surface area contributed by atoms with Crippen molar-refractivity contribution in [3.8, 4) is 22.8 Å². The third-order valence-corrected chi connectivity index (χ3v) is 5.41. The molecule has 1 atom stereocenters. The van der Waals surface area contributed by atoms with Crippen molar-refractivity contribution in [1.82, 2.24) is 14.4 Å². The van der Waals surface area contributed by atoms with Gasteiger partial charge in [-0.25, -0.2) is 14.4 Å². The van der Waals surface area contributed by atoms with Gasteiger partial charge in [0.1, 0.15) is 28.6 Å². The van der Waals surface area contributed by atoms with Crippen molar-refractivity contribution in [3.05, 3.63) is 72.3 Å². The quantitative estimate of drug-likeness (QED) is 0.504. The van der Waals surface area contributed by atoms with Gasteiger partial charge in [0.25, 0.3) is 0 Å². The van der Waals surface area contributed by atoms with Gasteiger partial charge in [-0.05, 0) is 37.1 Å². The Morgan fingerprint density at radius 2 is 1.94 bits per heavy atom. The second-order valence-electron chi connectivity index (χ2n) is 7.42. The fourth-order valence-electron chi connectivity index (χ4n) is 3.92. The lowest BCUT2D eigenvalue weighted by Gasteiger charge is -2.20. The van der Waals surface area contributed by atoms with E-state index in [1.54, 1.807) is 41.1 Å². The molecular weight excluding hydrogens is 402 g/mol. The Balaban J connectivity index is 1.61. The number of nitrogens with zero attached hydrogens (tertiary/aromatic N) is 3. The number of rotatable bonds is 4. The zero-order valence-electron chi connectivity index (χ0n) is 16.6. The van der Waals surface area contributed by atoms with E-state index in [0.29, 0.717) is 30.3 Å². The van der Waals surface area contributed by atoms with Gasteiger partial charge in [0.05, 0.1) is 6.61 Å². The summed E-state index contributed by atoms with van der Waals surface area (Å²) < 4.78 is 43.0. The molecule has 0 amide bonds. The van der Waals surface area contributed by atoms with E-state index in [-0.39, 0.29) is 28.7 Å². The highest BCUT2D eigenvalue weighted by molar-refractivity contribution is 5.85. The van der Waals surface area contributed by atoms with Gasteiger partial charge in [-0.15, -0.1) is 0 Å². The maximum atomic E-state index is 15.2. The first-order valence-electron chi connectivity index (χ1n) is 10.0. The molecule has 31 heavy (non-hydrogen) atoms. The lowest BCUT2D eigenvalue weighted by molar-refractivity contribution is 0.0779. The van der Waals surface area contributed by atoms with Crippen LogP contribution in [-0.4, -0.2) is 27.6 Å². The number of hydrogen-bond acceptors (Lipinski definition) is 5. The van der Waals surface area contributed by atoms with Crippen molar-refractivity contribution < 1.29 is 18.3 Å². The van der Waals surface area contributed by atoms with Crippen LogP contribution in [0.15, 0.2) is 54.9 Å². The van der Waals surface area contributed by atoms with E-state index >= 15 is 4.39 Å². The fourth-order valence-corrected chi connectivity index (χ4v) is 3.92. The van der Waals surface area contributed by atoms with Crippen LogP contribution in [0.25, 0.3) is 16.8 Å². The molecule has 5 rings (SSSR count). The Morgan fingerprint density at radius 3 is 2.71 bits per heavy atom. The third kappa shape index (κ3) is 3.48. The zero-order valence-corrected chi connectivity index (χ0v) is 16.6. The molecular formula is C23H20F2N4O2. The maximum Gasteiger partial charge on any atom is 0.201 e. The first kappa shape index (κ1) is 19.4. The van der Waals surface area contributed by atoms with Crippen LogP contribution in [0, 0.1) is 11.6 Å². The predicted octanol–water partition coefficient (Wildman–Crippen LogP) is 4.94. The normalized spacial score (nSPS) is 16.5. The minimum atomic E-state index is -1.09. The molecule has 0 aliphatic carbocycles. The molecule has 0 bridgehead atoms. The highest BCUT2D eigenvalue weighted by atomic mass is 19.2. The van der Waals surface area contributed by atoms with E-state index in [1.165, 1.54) is 12.1 Å². The van der Waals surface area contributed by atoms with Crippen molar-refractivity contribution in [2.75, 3.05) is 18.9 Å². The number of para-hydroxylation sites is 1. The summed E-state index contributed by atoms with van der Waals surface area (Å²) in [7, 11) is 0. The molecule has 0 spiro atoms. The van der Waals surface area contributed by atoms with Crippen LogP contribution >= 0.6 is 0 Å². The molecule has 0 radical (unpaired) electrons. The minimum absolute atomic E-state index is 0.00177. The largest absolute Gasteiger partial charge is 0.454 e. The molecule has 1 fully saturated rings. The van der Waals surface area contributed by atoms with Gasteiger partial charge in [0.15, 0.2) is 11.6 Å². The standard InChI is InChI=1S/C23H20F2N4O2/c24-18-16(8-9-17(19(18)25)31-15-6-2-1-3-7-15)20-21-22(26)27-10-11-29(21)23(28-20)14-5-4-12-30-13-14/h1-3,6-11,14H,4-5,12-13H2,(H2,26,27). The van der Waals surface area contributed by atoms with Crippen LogP contribution in [0.4, 0.5) is 14.6 Å². The monoisotopic (exact) mass is 422 g/mol. The molecule has 1 aliphatic heterocycles. The topological polar surface area (TPSA) is 74.7 Å². The third-order valence-electron chi connectivity index (χ3n) is 5.41. The molecule has 158 valence electrons. The number of hydrogen-bond donors (Lipinski definition) is 1. The van der Waals surface area contributed by atoms with Gasteiger partial charge < -0.3 is 15.2 Å². The van der Waals surface area contributed by atoms with E-state index in [0.717, 1.165) is 12.8 Å². The molecule has 2 aromatic heterocycles. The van der Waals surface area contributed by atoms with E-state index in [4.69, 9.17) is 15.2 Å². The predicted molar refractivity (Wildman–Crippen MR) is 112 cm³/mol. The second kappa shape index (κ2) is 7.96. The van der Waals surface area contributed by atoms with Gasteiger partial charge >= 0.3 is 0 Å². The molecule has 2 aromatic carbocycles. The number of nitrogen functional groups attached to an aromatic ring is 1. The number of halogens is 2. The van der Waals surface area contributed by atoms with Crippen molar-refractivity contribution in [3.63, 3.8) is 0 Å². The van der Waals surface area contributed by atoms with Gasteiger partial charge in [-0.1, -0.05) is 18.2 Å². The summed E-state index contributed by atoms with van der Waals surface area (Å²) in [5, 5.41) is 0. The van der Waals surface area contributed by atoms with Crippen LogP contribution in [-0.2, 0) is 4.74 Å². The Hall–Kier alpha value is -3.52. The van der Waals surface area contributed by atoms with Crippen molar-refractivity contribution >= 4 is 11.3 Å². The summed E-state index contributed by atoms with van der Waals surface area (Å²) in [6.45, 7) is 1.22. The van der Waals surface area contributed by atoms with E-state index in [1.807, 2.05) is 6.07 Å². The summed E-state index contributed by atoms with van der Waals surface area (Å²) in [5.74, 6) is -1.02. The maximum absolute atomic E-state index is 15.2. The Kier molecular flexibility index (Phi) is 4.99. The van der Waals surface area contributed by atoms with Crippen LogP contribution in [0.3, 0.4) is 0 Å². The average molecular weight is 422 g/mol. The molecule has 6 nitrogen and oxygen atoms in total. The van der Waals surface area contributed by atoms with Crippen LogP contribution in [0.1, 0.15) is 24.6 Å². The number of imidazole rings is 1. The van der Waals surface area contributed by atoms with Gasteiger partial charge in [0, 0.05) is 30.5 Å². The highest BCUT2D eigenvalue weighted by Gasteiger charge is 2.27. The van der Waals surface area contributed by atoms with E-state index < -0.39 is 11.6 Å². The summed E-state index contributed by atoms with van der Waals surface area (Å²) in [6.07, 6.45) is 5.09. The molecule has 1 unspecified atom stereocenters. The van der Waals surface area contributed by atoms with Crippen molar-refractivity contribution in [2.24, 2.45) is 0 Å². The minimum Gasteiger partial charge on any atom is -0.454 e. The molecule has 8 heteroatoms. The first-order valence-corrected chi connectivity index (χ1v) is 10.0. The number of fused-ring (bicyclic) bond motifs is 1. The summed E-state index contributed by atoms with van der Waals surface area (Å²) in [6, 6.07) is 11.5. The van der Waals surface area contributed by atoms with Crippen LogP contribution < -0.4 is 10.5 Å². The summed E-state index contributed by atoms with van der Waals surface area (Å²) in [4.78, 5) is 8.80. The summed E-state index contributed by atoms with van der Waals surface area (Å²) >= 11 is 0. The van der Waals surface area contributed by atoms with E-state index in [2.05, 4.69) is 9.97 Å². The van der Waals surface area contributed by atoms with Crippen molar-refractivity contribution in [1.29, 1.82) is 0 Å². The molecule has 1 aliphatic rings. The fraction of sp³-hybridized carbons (Fsp3) is 0.217. The Bertz CT molecular complexity index is 1240. The first-order chi connectivity index (χ1) is 15.1. The zero-order chi connectivity index (χ0) is 21.4. The molecule has 1 saturated heterocycles. The van der Waals surface area contributed by atoms with Gasteiger partial charge in [-0.3, -0.25) is 4.40 Å². The number of benzene rings is 2. The van der Waals surface area contributed by atoms with Crippen LogP contribution in [0.5, 0.6) is 11.5 Å². The SMILES string of the molecule is Nc1nccn2c(C3CCCOC3)nc(-c3ccc(Oc4ccccc4)c(F)c3F)c12. The lowest BCUT2D eigenvalue weighted by atomic mass is 10.0. The molecule has 0 saturated carbocycles. The van der Waals surface area contributed by atoms with Crippen molar-refractivity contribution in [2.45, 2.75) is 18.8 Å². The number of ether oxygens (including phenoxy) is 2. The Morgan fingerprint density at radius 1 is 1.10 bits per heavy atom. The van der Waals surface area contributed by atoms with Crippen LogP contribution in [0.2, 0.25) is 0 Å². The molecule has 4 aromatic rings. The van der Waals surface area contributed by atoms with Gasteiger partial charge in [-0.2, -0.15) is 4.39 Å². The van der Waals surface area contributed by atoms with E-state index in [9.17, 15) is 4.39 Å². The lowest BCUT2D eigenvalue weighted by Crippen LogP contribution is -2.17. The number of nitrogens with two attached hydrogens (primary N) is 1. The Labute approximate surface area is 177 Å². The summed E-state index contributed by atoms with van der Waals surface area (Å²) in [5.41, 5.74) is 6.80. The number of anilines is 1. The molecule has 3 heterocycles. The average Bonchev–Trinajstić information content (AvgIpc) is 3.19. The number of aromatic nitrogens is 3. The second-order valence-corrected chi connectivity index (χ2v) is 7.42. The van der Waals surface area contributed by atoms with Gasteiger partial charge in [0.2, 0.25) is 5.82 Å².